The summed E-state index contributed by atoms with van der Waals surface area (Å²) >= 11 is 0. The molecule has 1 fully saturated rings. The fourth-order valence-corrected chi connectivity index (χ4v) is 1.96. The highest BCUT2D eigenvalue weighted by molar-refractivity contribution is 5.51. The van der Waals surface area contributed by atoms with Crippen LogP contribution in [0.15, 0.2) is 24.3 Å². The van der Waals surface area contributed by atoms with Crippen LogP contribution in [-0.2, 0) is 4.79 Å². The van der Waals surface area contributed by atoms with Crippen molar-refractivity contribution < 1.29 is 4.79 Å². The lowest BCUT2D eigenvalue weighted by atomic mass is 9.96. The molecule has 3 unspecified atom stereocenters. The second-order valence-corrected chi connectivity index (χ2v) is 3.49. The van der Waals surface area contributed by atoms with Gasteiger partial charge in [-0.25, -0.2) is 0 Å². The molecule has 0 aromatic heterocycles. The number of aldehydes is 1. The van der Waals surface area contributed by atoms with Crippen molar-refractivity contribution in [1.82, 2.24) is 10.6 Å². The van der Waals surface area contributed by atoms with E-state index in [1.807, 2.05) is 0 Å². The van der Waals surface area contributed by atoms with Gasteiger partial charge in [-0.3, -0.25) is 10.6 Å². The third kappa shape index (κ3) is 1.87. The zero-order valence-electron chi connectivity index (χ0n) is 7.44. The number of fused-ring (bicyclic) bond motifs is 1. The fourth-order valence-electron chi connectivity index (χ4n) is 1.96. The van der Waals surface area contributed by atoms with Gasteiger partial charge in [-0.15, -0.1) is 0 Å². The van der Waals surface area contributed by atoms with Gasteiger partial charge in [-0.05, 0) is 12.3 Å². The highest BCUT2D eigenvalue weighted by atomic mass is 16.1. The molecule has 3 heteroatoms. The predicted octanol–water partition coefficient (Wildman–Crippen LogP) is 0.205. The minimum absolute atomic E-state index is 0.285. The third-order valence-corrected chi connectivity index (χ3v) is 2.60. The average Bonchev–Trinajstić information content (AvgIpc) is 2.57. The second kappa shape index (κ2) is 3.85. The molecule has 0 amide bonds. The minimum atomic E-state index is 0.285. The average molecular weight is 178 g/mol. The van der Waals surface area contributed by atoms with E-state index in [1.54, 1.807) is 0 Å². The van der Waals surface area contributed by atoms with E-state index in [1.165, 1.54) is 0 Å². The Bertz CT molecular complexity index is 227. The number of hydrogen-bond acceptors (Lipinski definition) is 3. The monoisotopic (exact) mass is 178 g/mol. The predicted molar refractivity (Wildman–Crippen MR) is 51.2 cm³/mol. The highest BCUT2D eigenvalue weighted by Crippen LogP contribution is 2.23. The fraction of sp³-hybridized carbons (Fsp3) is 0.500. The lowest BCUT2D eigenvalue weighted by molar-refractivity contribution is -0.107. The van der Waals surface area contributed by atoms with Crippen molar-refractivity contribution >= 4 is 6.29 Å². The standard InChI is InChI=1S/C10H14N2O/c13-6-5-11-10-7-8-3-1-2-4-9(8)12-10/h1-4,6,8-12H,5,7H2. The van der Waals surface area contributed by atoms with E-state index in [2.05, 4.69) is 34.9 Å². The Morgan fingerprint density at radius 2 is 2.31 bits per heavy atom. The van der Waals surface area contributed by atoms with Crippen LogP contribution in [-0.4, -0.2) is 25.0 Å². The van der Waals surface area contributed by atoms with E-state index in [0.29, 0.717) is 18.5 Å². The summed E-state index contributed by atoms with van der Waals surface area (Å²) in [6, 6.07) is 0.453. The van der Waals surface area contributed by atoms with Gasteiger partial charge in [0.25, 0.3) is 0 Å². The van der Waals surface area contributed by atoms with Crippen LogP contribution in [0, 0.1) is 5.92 Å². The summed E-state index contributed by atoms with van der Waals surface area (Å²) in [5.74, 6) is 0.592. The van der Waals surface area contributed by atoms with Gasteiger partial charge in [0.2, 0.25) is 0 Å². The maximum absolute atomic E-state index is 10.2. The molecule has 1 heterocycles. The molecule has 2 aliphatic rings. The number of nitrogens with one attached hydrogen (secondary N) is 2. The van der Waals surface area contributed by atoms with Gasteiger partial charge in [0, 0.05) is 6.04 Å². The van der Waals surface area contributed by atoms with Crippen LogP contribution in [0.1, 0.15) is 6.42 Å². The number of rotatable bonds is 3. The Kier molecular flexibility index (Phi) is 2.57. The zero-order chi connectivity index (χ0) is 9.10. The van der Waals surface area contributed by atoms with Gasteiger partial charge in [-0.2, -0.15) is 0 Å². The van der Waals surface area contributed by atoms with E-state index in [0.717, 1.165) is 12.7 Å². The van der Waals surface area contributed by atoms with Crippen LogP contribution in [0.25, 0.3) is 0 Å². The molecule has 0 aromatic carbocycles. The molecule has 0 saturated carbocycles. The van der Waals surface area contributed by atoms with Crippen LogP contribution in [0.3, 0.4) is 0 Å². The Hall–Kier alpha value is -0.930. The first-order valence-electron chi connectivity index (χ1n) is 4.68. The molecule has 0 aromatic rings. The molecule has 2 rings (SSSR count). The molecule has 70 valence electrons. The van der Waals surface area contributed by atoms with Gasteiger partial charge >= 0.3 is 0 Å². The SMILES string of the molecule is O=CCNC1CC2C=CC=CC2N1. The van der Waals surface area contributed by atoms with Crippen LogP contribution in [0.4, 0.5) is 0 Å². The Balaban J connectivity index is 1.89. The maximum atomic E-state index is 10.2. The van der Waals surface area contributed by atoms with Crippen molar-refractivity contribution in [3.05, 3.63) is 24.3 Å². The first-order valence-corrected chi connectivity index (χ1v) is 4.68. The van der Waals surface area contributed by atoms with Crippen molar-refractivity contribution in [2.75, 3.05) is 6.54 Å². The van der Waals surface area contributed by atoms with Gasteiger partial charge in [-0.1, -0.05) is 24.3 Å². The molecule has 13 heavy (non-hydrogen) atoms. The minimum Gasteiger partial charge on any atom is -0.302 e. The molecule has 0 bridgehead atoms. The van der Waals surface area contributed by atoms with Crippen LogP contribution in [0.2, 0.25) is 0 Å². The van der Waals surface area contributed by atoms with Crippen LogP contribution >= 0.6 is 0 Å². The summed E-state index contributed by atoms with van der Waals surface area (Å²) in [6.45, 7) is 0.435. The summed E-state index contributed by atoms with van der Waals surface area (Å²) < 4.78 is 0. The van der Waals surface area contributed by atoms with E-state index in [4.69, 9.17) is 0 Å². The number of hydrogen-bond donors (Lipinski definition) is 2. The van der Waals surface area contributed by atoms with Crippen LogP contribution < -0.4 is 10.6 Å². The van der Waals surface area contributed by atoms with Gasteiger partial charge < -0.3 is 4.79 Å². The molecule has 0 radical (unpaired) electrons. The first-order chi connectivity index (χ1) is 6.40. The normalized spacial score (nSPS) is 36.2. The molecule has 1 aliphatic carbocycles. The van der Waals surface area contributed by atoms with Crippen molar-refractivity contribution in [1.29, 1.82) is 0 Å². The van der Waals surface area contributed by atoms with Crippen LogP contribution in [0.5, 0.6) is 0 Å². The summed E-state index contributed by atoms with van der Waals surface area (Å²) in [5, 5.41) is 6.56. The Morgan fingerprint density at radius 3 is 3.08 bits per heavy atom. The smallest absolute Gasteiger partial charge is 0.133 e. The summed E-state index contributed by atoms with van der Waals surface area (Å²) in [7, 11) is 0. The Labute approximate surface area is 77.9 Å². The molecular formula is C10H14N2O. The van der Waals surface area contributed by atoms with Gasteiger partial charge in [0.1, 0.15) is 6.29 Å². The summed E-state index contributed by atoms with van der Waals surface area (Å²) in [4.78, 5) is 10.2. The van der Waals surface area contributed by atoms with Crippen molar-refractivity contribution in [3.8, 4) is 0 Å². The van der Waals surface area contributed by atoms with E-state index < -0.39 is 0 Å². The molecular weight excluding hydrogens is 164 g/mol. The molecule has 0 spiro atoms. The van der Waals surface area contributed by atoms with E-state index >= 15 is 0 Å². The van der Waals surface area contributed by atoms with Crippen molar-refractivity contribution in [3.63, 3.8) is 0 Å². The summed E-state index contributed by atoms with van der Waals surface area (Å²) in [5.41, 5.74) is 0. The number of carbonyl (C=O) groups is 1. The van der Waals surface area contributed by atoms with E-state index in [9.17, 15) is 4.79 Å². The summed E-state index contributed by atoms with van der Waals surface area (Å²) in [6.07, 6.45) is 10.8. The lowest BCUT2D eigenvalue weighted by Gasteiger charge is -2.14. The topological polar surface area (TPSA) is 41.1 Å². The lowest BCUT2D eigenvalue weighted by Crippen LogP contribution is -2.41. The maximum Gasteiger partial charge on any atom is 0.133 e. The molecule has 3 atom stereocenters. The quantitative estimate of drug-likeness (QED) is 0.607. The molecule has 3 nitrogen and oxygen atoms in total. The molecule has 1 saturated heterocycles. The first kappa shape index (κ1) is 8.66. The van der Waals surface area contributed by atoms with Gasteiger partial charge in [0.15, 0.2) is 0 Å². The number of allylic oxidation sites excluding steroid dienone is 2. The Morgan fingerprint density at radius 1 is 1.46 bits per heavy atom. The van der Waals surface area contributed by atoms with E-state index in [-0.39, 0.29) is 6.17 Å². The van der Waals surface area contributed by atoms with Crippen molar-refractivity contribution in [2.45, 2.75) is 18.6 Å². The second-order valence-electron chi connectivity index (χ2n) is 3.49. The van der Waals surface area contributed by atoms with Gasteiger partial charge in [0.05, 0.1) is 12.7 Å². The largest absolute Gasteiger partial charge is 0.302 e. The molecule has 2 N–H and O–H groups in total. The number of carbonyl (C=O) groups excluding carboxylic acids is 1. The molecule has 1 aliphatic heterocycles. The van der Waals surface area contributed by atoms with Crippen molar-refractivity contribution in [2.24, 2.45) is 5.92 Å². The third-order valence-electron chi connectivity index (χ3n) is 2.60. The highest BCUT2D eigenvalue weighted by Gasteiger charge is 2.30. The zero-order valence-corrected chi connectivity index (χ0v) is 7.44.